The van der Waals surface area contributed by atoms with Crippen LogP contribution in [0.25, 0.3) is 66.8 Å². The first-order chi connectivity index (χ1) is 42.0. The van der Waals surface area contributed by atoms with Crippen LogP contribution in [0, 0.1) is 0 Å². The molecule has 0 N–H and O–H groups in total. The lowest BCUT2D eigenvalue weighted by Crippen LogP contribution is -2.30. The van der Waals surface area contributed by atoms with Crippen LogP contribution in [0.1, 0.15) is 124 Å². The Morgan fingerprint density at radius 2 is 0.678 bits per heavy atom. The van der Waals surface area contributed by atoms with E-state index in [1.54, 1.807) is 0 Å². The molecule has 15 rings (SSSR count). The Morgan fingerprint density at radius 1 is 0.264 bits per heavy atom. The first-order valence-corrected chi connectivity index (χ1v) is 31.1. The first kappa shape index (κ1) is 54.1. The summed E-state index contributed by atoms with van der Waals surface area (Å²) in [7, 11) is 0. The van der Waals surface area contributed by atoms with Crippen molar-refractivity contribution in [1.29, 1.82) is 0 Å². The molecule has 3 aliphatic rings. The molecule has 87 heavy (non-hydrogen) atoms. The predicted octanol–water partition coefficient (Wildman–Crippen LogP) is 22.8. The Labute approximate surface area is 515 Å². The Bertz CT molecular complexity index is 4620. The maximum absolute atomic E-state index is 2.53. The van der Waals surface area contributed by atoms with Crippen molar-refractivity contribution < 1.29 is 0 Å². The zero-order chi connectivity index (χ0) is 59.6. The van der Waals surface area contributed by atoms with E-state index < -0.39 is 5.41 Å². The van der Waals surface area contributed by atoms with Gasteiger partial charge in [0.2, 0.25) is 0 Å². The van der Waals surface area contributed by atoms with Gasteiger partial charge in [0.25, 0.3) is 0 Å². The molecule has 0 fully saturated rings. The molecule has 0 amide bonds. The number of fused-ring (bicyclic) bond motifs is 9. The molecule has 0 saturated heterocycles. The van der Waals surface area contributed by atoms with Crippen LogP contribution in [0.2, 0.25) is 0 Å². The Kier molecular flexibility index (Phi) is 12.4. The lowest BCUT2D eigenvalue weighted by atomic mass is 9.66. The van der Waals surface area contributed by atoms with E-state index in [0.29, 0.717) is 0 Å². The van der Waals surface area contributed by atoms with Gasteiger partial charge in [-0.2, -0.15) is 0 Å². The van der Waals surface area contributed by atoms with Gasteiger partial charge in [0, 0.05) is 27.9 Å². The molecule has 12 aromatic rings. The smallest absolute Gasteiger partial charge is 0.0714 e. The van der Waals surface area contributed by atoms with Gasteiger partial charge in [-0.05, 0) is 188 Å². The number of nitrogens with zero attached hydrogens (tertiary/aromatic N) is 1. The number of benzene rings is 12. The zero-order valence-electron chi connectivity index (χ0n) is 51.5. The van der Waals surface area contributed by atoms with Gasteiger partial charge in [0.05, 0.1) is 5.41 Å². The van der Waals surface area contributed by atoms with Crippen LogP contribution in [0.15, 0.2) is 279 Å². The maximum Gasteiger partial charge on any atom is 0.0714 e. The molecule has 1 nitrogen and oxygen atoms in total. The molecule has 1 heteroatoms. The van der Waals surface area contributed by atoms with Crippen molar-refractivity contribution in [2.24, 2.45) is 0 Å². The van der Waals surface area contributed by atoms with E-state index in [1.165, 1.54) is 128 Å². The third kappa shape index (κ3) is 8.41. The maximum atomic E-state index is 2.53. The molecule has 0 saturated carbocycles. The van der Waals surface area contributed by atoms with Crippen LogP contribution in [-0.4, -0.2) is 0 Å². The Hall–Kier alpha value is -9.56. The van der Waals surface area contributed by atoms with Gasteiger partial charge >= 0.3 is 0 Å². The lowest BCUT2D eigenvalue weighted by molar-refractivity contribution is 0.585. The average Bonchev–Trinajstić information content (AvgIpc) is 1.59. The summed E-state index contributed by atoms with van der Waals surface area (Å²) in [6.07, 6.45) is 0. The summed E-state index contributed by atoms with van der Waals surface area (Å²) in [6, 6.07) is 106. The molecule has 3 aliphatic carbocycles. The van der Waals surface area contributed by atoms with Crippen molar-refractivity contribution in [2.75, 3.05) is 4.90 Å². The van der Waals surface area contributed by atoms with Crippen molar-refractivity contribution in [2.45, 2.75) is 89.4 Å². The lowest BCUT2D eigenvalue weighted by Gasteiger charge is -2.36. The first-order valence-electron chi connectivity index (χ1n) is 31.1. The summed E-state index contributed by atoms with van der Waals surface area (Å²) < 4.78 is 0. The van der Waals surface area contributed by atoms with E-state index in [1.807, 2.05) is 0 Å². The second-order valence-corrected chi connectivity index (χ2v) is 27.4. The average molecular weight is 1120 g/mol. The van der Waals surface area contributed by atoms with Crippen molar-refractivity contribution in [3.8, 4) is 66.8 Å². The molecule has 0 bridgehead atoms. The minimum atomic E-state index is -0.622. The molecular weight excluding hydrogens is 1050 g/mol. The molecule has 0 spiro atoms. The highest BCUT2D eigenvalue weighted by Crippen LogP contribution is 2.59. The van der Waals surface area contributed by atoms with E-state index in [-0.39, 0.29) is 21.7 Å². The SMILES string of the molecule is CC(C)(C)c1cccc(C2(c3cccc(C(C)(C)C)c3)c3ccccc3-c3ccc(N(c4ccc(-c5ccc6c(c5)C(C)(c5ccccc5)c5ccccc5-6)cc4)c4ccc(-c5ccccc5-c5cccc6c5C(C)(C)c5ccccc5-6)cc4)cc32)c1. The van der Waals surface area contributed by atoms with Gasteiger partial charge < -0.3 is 4.90 Å². The zero-order valence-corrected chi connectivity index (χ0v) is 51.5. The minimum Gasteiger partial charge on any atom is -0.310 e. The largest absolute Gasteiger partial charge is 0.310 e. The van der Waals surface area contributed by atoms with Crippen LogP contribution in [-0.2, 0) is 27.1 Å². The Morgan fingerprint density at radius 3 is 1.29 bits per heavy atom. The van der Waals surface area contributed by atoms with Crippen LogP contribution in [0.3, 0.4) is 0 Å². The molecule has 12 aromatic carbocycles. The van der Waals surface area contributed by atoms with E-state index >= 15 is 0 Å². The Balaban J connectivity index is 0.905. The second-order valence-electron chi connectivity index (χ2n) is 27.4. The van der Waals surface area contributed by atoms with Crippen molar-refractivity contribution in [1.82, 2.24) is 0 Å². The standard InChI is InChI=1S/C86H73N/c1-82(2,3)60-26-21-28-62(53-60)86(63-29-22-27-61(54-63)83(4,5)6)78-39-20-17-33-70(78)73-51-49-66(55-80(73)86)87(64-45-40-56(41-46-64)58-44-50-72-69-32-16-19-38-77(69)85(9,79(72)52-58)59-24-11-10-12-25-59)65-47-42-57(43-48-65)67-30-13-14-31-68(67)74-35-23-36-75-71-34-15-18-37-76(71)84(7,8)81(74)75/h10-55H,1-9H3. The van der Waals surface area contributed by atoms with Gasteiger partial charge in [0.1, 0.15) is 0 Å². The summed E-state index contributed by atoms with van der Waals surface area (Å²) in [6.45, 7) is 21.2. The third-order valence-corrected chi connectivity index (χ3v) is 20.0. The molecule has 1 unspecified atom stereocenters. The van der Waals surface area contributed by atoms with Crippen molar-refractivity contribution in [3.63, 3.8) is 0 Å². The highest BCUT2D eigenvalue weighted by molar-refractivity contribution is 5.95. The monoisotopic (exact) mass is 1120 g/mol. The van der Waals surface area contributed by atoms with Gasteiger partial charge in [-0.25, -0.2) is 0 Å². The highest BCUT2D eigenvalue weighted by atomic mass is 15.1. The molecule has 0 aliphatic heterocycles. The van der Waals surface area contributed by atoms with Crippen molar-refractivity contribution in [3.05, 3.63) is 340 Å². The van der Waals surface area contributed by atoms with E-state index in [4.69, 9.17) is 0 Å². The number of rotatable bonds is 9. The van der Waals surface area contributed by atoms with Gasteiger partial charge in [-0.15, -0.1) is 0 Å². The van der Waals surface area contributed by atoms with E-state index in [9.17, 15) is 0 Å². The second kappa shape index (κ2) is 20.0. The van der Waals surface area contributed by atoms with Crippen LogP contribution >= 0.6 is 0 Å². The minimum absolute atomic E-state index is 0.0567. The molecule has 1 atom stereocenters. The predicted molar refractivity (Wildman–Crippen MR) is 367 cm³/mol. The van der Waals surface area contributed by atoms with Gasteiger partial charge in [-0.1, -0.05) is 292 Å². The van der Waals surface area contributed by atoms with Crippen molar-refractivity contribution >= 4 is 17.1 Å². The van der Waals surface area contributed by atoms with Crippen LogP contribution < -0.4 is 4.90 Å². The highest BCUT2D eigenvalue weighted by Gasteiger charge is 2.48. The number of anilines is 3. The summed E-state index contributed by atoms with van der Waals surface area (Å²) in [5.41, 5.74) is 31.8. The molecule has 0 aromatic heterocycles. The topological polar surface area (TPSA) is 3.24 Å². The van der Waals surface area contributed by atoms with Gasteiger partial charge in [0.15, 0.2) is 0 Å². The fourth-order valence-electron chi connectivity index (χ4n) is 15.5. The summed E-state index contributed by atoms with van der Waals surface area (Å²) in [4.78, 5) is 2.49. The fourth-order valence-corrected chi connectivity index (χ4v) is 15.5. The normalized spacial score (nSPS) is 15.6. The van der Waals surface area contributed by atoms with E-state index in [2.05, 4.69) is 346 Å². The van der Waals surface area contributed by atoms with Crippen LogP contribution in [0.5, 0.6) is 0 Å². The molecule has 0 heterocycles. The number of hydrogen-bond acceptors (Lipinski definition) is 1. The van der Waals surface area contributed by atoms with E-state index in [0.717, 1.165) is 17.1 Å². The number of hydrogen-bond donors (Lipinski definition) is 0. The molecule has 422 valence electrons. The van der Waals surface area contributed by atoms with Crippen LogP contribution in [0.4, 0.5) is 17.1 Å². The molecule has 0 radical (unpaired) electrons. The molecular formula is C86H73N. The van der Waals surface area contributed by atoms with Gasteiger partial charge in [-0.3, -0.25) is 0 Å². The summed E-state index contributed by atoms with van der Waals surface area (Å²) >= 11 is 0. The summed E-state index contributed by atoms with van der Waals surface area (Å²) in [5, 5.41) is 0. The quantitative estimate of drug-likeness (QED) is 0.139. The fraction of sp³-hybridized carbons (Fsp3) is 0.163. The third-order valence-electron chi connectivity index (χ3n) is 20.0. The summed E-state index contributed by atoms with van der Waals surface area (Å²) in [5.74, 6) is 0.